The van der Waals surface area contributed by atoms with Gasteiger partial charge in [0.1, 0.15) is 22.8 Å². The van der Waals surface area contributed by atoms with Gasteiger partial charge in [-0.1, -0.05) is 25.1 Å². The van der Waals surface area contributed by atoms with Gasteiger partial charge in [-0.2, -0.15) is 0 Å². The average Bonchev–Trinajstić information content (AvgIpc) is 2.90. The number of nitrogens with zero attached hydrogens (tertiary/aromatic N) is 2. The second-order valence-corrected chi connectivity index (χ2v) is 11.4. The summed E-state index contributed by atoms with van der Waals surface area (Å²) in [6, 6.07) is 9.22. The summed E-state index contributed by atoms with van der Waals surface area (Å²) in [5, 5.41) is 57.1. The molecule has 11 heteroatoms. The quantitative estimate of drug-likeness (QED) is 0.296. The van der Waals surface area contributed by atoms with Gasteiger partial charge in [0.25, 0.3) is 5.91 Å². The van der Waals surface area contributed by atoms with Crippen LogP contribution in [0.3, 0.4) is 0 Å². The number of rotatable bonds is 4. The van der Waals surface area contributed by atoms with Crippen molar-refractivity contribution < 1.29 is 39.9 Å². The van der Waals surface area contributed by atoms with E-state index in [0.29, 0.717) is 11.1 Å². The molecule has 5 rings (SSSR count). The molecule has 2 aromatic rings. The van der Waals surface area contributed by atoms with E-state index in [1.54, 1.807) is 13.0 Å². The van der Waals surface area contributed by atoms with E-state index >= 15 is 0 Å². The Morgan fingerprint density at radius 1 is 0.976 bits per heavy atom. The molecule has 2 aromatic carbocycles. The third-order valence-corrected chi connectivity index (χ3v) is 8.80. The number of ketones is 2. The molecule has 1 amide bonds. The van der Waals surface area contributed by atoms with Crippen LogP contribution in [0.5, 0.6) is 5.75 Å². The molecule has 41 heavy (non-hydrogen) atoms. The first kappa shape index (κ1) is 28.3. The van der Waals surface area contributed by atoms with Crippen molar-refractivity contribution in [1.82, 2.24) is 4.90 Å². The zero-order valence-corrected chi connectivity index (χ0v) is 23.3. The van der Waals surface area contributed by atoms with Crippen LogP contribution in [-0.2, 0) is 14.4 Å². The van der Waals surface area contributed by atoms with Gasteiger partial charge in [0.15, 0.2) is 11.4 Å². The number of carbonyl (C=O) groups excluding carboxylic acids is 3. The van der Waals surface area contributed by atoms with Crippen LogP contribution >= 0.6 is 0 Å². The van der Waals surface area contributed by atoms with E-state index in [1.807, 2.05) is 43.3 Å². The number of benzene rings is 2. The van der Waals surface area contributed by atoms with Crippen molar-refractivity contribution in [2.75, 3.05) is 33.1 Å². The molecule has 3 aliphatic rings. The number of aliphatic hydroxyl groups is 4. The summed E-state index contributed by atoms with van der Waals surface area (Å²) in [6.45, 7) is 1.72. The number of phenolic OH excluding ortho intramolecular Hbond substituents is 1. The highest BCUT2D eigenvalue weighted by Gasteiger charge is 2.68. The summed E-state index contributed by atoms with van der Waals surface area (Å²) in [6.07, 6.45) is -1.66. The third kappa shape index (κ3) is 3.73. The van der Waals surface area contributed by atoms with Gasteiger partial charge < -0.3 is 36.2 Å². The molecule has 0 heterocycles. The second kappa shape index (κ2) is 9.44. The van der Waals surface area contributed by atoms with E-state index in [2.05, 4.69) is 0 Å². The Kier molecular flexibility index (Phi) is 6.52. The van der Waals surface area contributed by atoms with Crippen LogP contribution in [0.1, 0.15) is 24.0 Å². The Labute approximate surface area is 236 Å². The molecular formula is C30H33N3O8. The first-order valence-electron chi connectivity index (χ1n) is 13.1. The van der Waals surface area contributed by atoms with E-state index in [9.17, 15) is 39.9 Å². The average molecular weight is 564 g/mol. The minimum Gasteiger partial charge on any atom is -0.508 e. The molecule has 11 nitrogen and oxygen atoms in total. The maximum absolute atomic E-state index is 14.1. The lowest BCUT2D eigenvalue weighted by Gasteiger charge is -2.53. The summed E-state index contributed by atoms with van der Waals surface area (Å²) in [5.74, 6) is -9.21. The van der Waals surface area contributed by atoms with E-state index in [0.717, 1.165) is 11.3 Å². The molecule has 216 valence electrons. The van der Waals surface area contributed by atoms with Gasteiger partial charge in [0.05, 0.1) is 23.6 Å². The lowest BCUT2D eigenvalue weighted by atomic mass is 9.54. The van der Waals surface area contributed by atoms with Crippen LogP contribution in [-0.4, -0.2) is 93.8 Å². The highest BCUT2D eigenvalue weighted by molar-refractivity contribution is 6.24. The van der Waals surface area contributed by atoms with Crippen molar-refractivity contribution in [3.63, 3.8) is 0 Å². The first-order valence-corrected chi connectivity index (χ1v) is 13.1. The fraction of sp³-hybridized carbons (Fsp3) is 0.367. The van der Waals surface area contributed by atoms with E-state index < -0.39 is 75.6 Å². The first-order chi connectivity index (χ1) is 19.2. The standard InChI is InChI=1S/C30H33N3O8/c1-12-17-15(13-6-8-14(9-7-13)32(2)3)10-11-16(34)19(17)24(35)20-18(12)25(36)22-23(33(4)5)26(37)21(29(31)40)28(39)30(22,41)27(20)38/h6-12,18,22-23,25,34-36,39,41H,1-5H3,(H2,31,40)/t12-,18-,22-,23+,25-,30+/m1/s1. The molecule has 7 N–H and O–H groups in total. The minimum atomic E-state index is -2.95. The number of fused-ring (bicyclic) bond motifs is 3. The Morgan fingerprint density at radius 3 is 2.12 bits per heavy atom. The van der Waals surface area contributed by atoms with Crippen molar-refractivity contribution in [3.05, 3.63) is 64.4 Å². The maximum Gasteiger partial charge on any atom is 0.255 e. The van der Waals surface area contributed by atoms with Crippen molar-refractivity contribution in [2.45, 2.75) is 30.6 Å². The molecule has 0 saturated heterocycles. The largest absolute Gasteiger partial charge is 0.508 e. The molecule has 0 unspecified atom stereocenters. The van der Waals surface area contributed by atoms with Crippen molar-refractivity contribution in [1.29, 1.82) is 0 Å². The fourth-order valence-corrected chi connectivity index (χ4v) is 6.89. The van der Waals surface area contributed by atoms with Gasteiger partial charge >= 0.3 is 0 Å². The number of carbonyl (C=O) groups is 3. The Hall–Kier alpha value is -4.19. The summed E-state index contributed by atoms with van der Waals surface area (Å²) in [5.41, 5.74) is 3.81. The number of phenols is 1. The Balaban J connectivity index is 1.79. The fourth-order valence-electron chi connectivity index (χ4n) is 6.89. The number of primary amides is 1. The number of hydrogen-bond acceptors (Lipinski definition) is 10. The Bertz CT molecular complexity index is 1560. The zero-order chi connectivity index (χ0) is 30.3. The van der Waals surface area contributed by atoms with Crippen LogP contribution < -0.4 is 10.6 Å². The summed E-state index contributed by atoms with van der Waals surface area (Å²) in [4.78, 5) is 42.9. The predicted octanol–water partition coefficient (Wildman–Crippen LogP) is 1.23. The van der Waals surface area contributed by atoms with Crippen molar-refractivity contribution in [2.24, 2.45) is 17.6 Å². The van der Waals surface area contributed by atoms with Gasteiger partial charge in [0.2, 0.25) is 5.78 Å². The van der Waals surface area contributed by atoms with Gasteiger partial charge in [-0.15, -0.1) is 0 Å². The number of aromatic hydroxyl groups is 1. The van der Waals surface area contributed by atoms with Gasteiger partial charge in [-0.05, 0) is 54.9 Å². The van der Waals surface area contributed by atoms with Crippen LogP contribution in [0.4, 0.5) is 5.69 Å². The molecule has 0 bridgehead atoms. The molecule has 0 radical (unpaired) electrons. The molecular weight excluding hydrogens is 530 g/mol. The normalized spacial score (nSPS) is 29.3. The number of amides is 1. The van der Waals surface area contributed by atoms with Crippen LogP contribution in [0.2, 0.25) is 0 Å². The zero-order valence-electron chi connectivity index (χ0n) is 23.3. The molecule has 0 aromatic heterocycles. The lowest BCUT2D eigenvalue weighted by molar-refractivity contribution is -0.169. The minimum absolute atomic E-state index is 0.0461. The van der Waals surface area contributed by atoms with Gasteiger partial charge in [0, 0.05) is 31.3 Å². The van der Waals surface area contributed by atoms with Crippen LogP contribution in [0.25, 0.3) is 16.9 Å². The molecule has 1 fully saturated rings. The highest BCUT2D eigenvalue weighted by atomic mass is 16.4. The SMILES string of the molecule is C[C@@H]1c2c(-c3ccc(N(C)C)cc3)ccc(O)c2C(O)=C2C(=O)[C@]3(O)C(O)=C(C(N)=O)C(=O)[C@@H](N(C)C)[C@@H]3[C@H](O)[C@@H]21. The third-order valence-electron chi connectivity index (χ3n) is 8.80. The highest BCUT2D eigenvalue weighted by Crippen LogP contribution is 2.57. The number of anilines is 1. The monoisotopic (exact) mass is 563 g/mol. The number of aliphatic hydroxyl groups excluding tert-OH is 3. The van der Waals surface area contributed by atoms with Crippen molar-refractivity contribution in [3.8, 4) is 16.9 Å². The van der Waals surface area contributed by atoms with E-state index in [-0.39, 0.29) is 11.3 Å². The topological polar surface area (TPSA) is 185 Å². The van der Waals surface area contributed by atoms with Crippen LogP contribution in [0.15, 0.2) is 53.3 Å². The van der Waals surface area contributed by atoms with E-state index in [4.69, 9.17) is 5.73 Å². The summed E-state index contributed by atoms with van der Waals surface area (Å²) in [7, 11) is 6.75. The molecule has 3 aliphatic carbocycles. The van der Waals surface area contributed by atoms with E-state index in [1.165, 1.54) is 25.1 Å². The van der Waals surface area contributed by atoms with Crippen LogP contribution in [0, 0.1) is 11.8 Å². The summed E-state index contributed by atoms with van der Waals surface area (Å²) >= 11 is 0. The maximum atomic E-state index is 14.1. The van der Waals surface area contributed by atoms with Gasteiger partial charge in [-0.25, -0.2) is 0 Å². The lowest BCUT2D eigenvalue weighted by Crippen LogP contribution is -2.70. The predicted molar refractivity (Wildman–Crippen MR) is 150 cm³/mol. The smallest absolute Gasteiger partial charge is 0.255 e. The summed E-state index contributed by atoms with van der Waals surface area (Å²) < 4.78 is 0. The molecule has 1 saturated carbocycles. The number of hydrogen-bond donors (Lipinski definition) is 6. The molecule has 6 atom stereocenters. The second-order valence-electron chi connectivity index (χ2n) is 11.4. The molecule has 0 spiro atoms. The Morgan fingerprint density at radius 2 is 1.59 bits per heavy atom. The molecule has 0 aliphatic heterocycles. The number of likely N-dealkylation sites (N-methyl/N-ethyl adjacent to an activating group) is 1. The van der Waals surface area contributed by atoms with Gasteiger partial charge in [-0.3, -0.25) is 19.3 Å². The number of Topliss-reactive ketones (excluding diaryl/α,β-unsaturated/α-hetero) is 2. The number of nitrogens with two attached hydrogens (primary N) is 1. The van der Waals surface area contributed by atoms with Crippen molar-refractivity contribution >= 4 is 28.9 Å².